The highest BCUT2D eigenvalue weighted by molar-refractivity contribution is 5.39. The summed E-state index contributed by atoms with van der Waals surface area (Å²) in [5.74, 6) is 0.849. The molecule has 1 aliphatic rings. The molecule has 0 aliphatic carbocycles. The number of β-amino-alcohol motifs (C(OH)–C–C–N with tert-alkyl or cyclic N) is 1. The van der Waals surface area contributed by atoms with E-state index in [1.165, 1.54) is 5.56 Å². The lowest BCUT2D eigenvalue weighted by atomic mass is 10.0. The average molecular weight is 323 g/mol. The molecule has 4 rings (SSSR count). The lowest BCUT2D eigenvalue weighted by molar-refractivity contribution is 0.172. The summed E-state index contributed by atoms with van der Waals surface area (Å²) < 4.78 is 7.37. The third-order valence-electron chi connectivity index (χ3n) is 4.64. The Morgan fingerprint density at radius 2 is 2.17 bits per heavy atom. The van der Waals surface area contributed by atoms with Crippen LogP contribution in [0, 0.1) is 0 Å². The Morgan fingerprint density at radius 3 is 3.00 bits per heavy atom. The van der Waals surface area contributed by atoms with Gasteiger partial charge in [0.05, 0.1) is 18.9 Å². The van der Waals surface area contributed by atoms with Crippen molar-refractivity contribution in [2.75, 3.05) is 13.7 Å². The maximum Gasteiger partial charge on any atom is 0.137 e. The number of aromatic nitrogens is 2. The fraction of sp³-hybridized carbons (Fsp3) is 0.316. The predicted octanol–water partition coefficient (Wildman–Crippen LogP) is 2.65. The highest BCUT2D eigenvalue weighted by Gasteiger charge is 2.32. The Labute approximate surface area is 141 Å². The Morgan fingerprint density at radius 1 is 1.25 bits per heavy atom. The number of benzene rings is 1. The van der Waals surface area contributed by atoms with Gasteiger partial charge in [-0.1, -0.05) is 18.2 Å². The normalized spacial score (nSPS) is 21.4. The summed E-state index contributed by atoms with van der Waals surface area (Å²) in [7, 11) is 1.68. The molecule has 2 aromatic heterocycles. The van der Waals surface area contributed by atoms with E-state index in [4.69, 9.17) is 4.74 Å². The minimum Gasteiger partial charge on any atom is -0.497 e. The molecule has 3 aromatic rings. The van der Waals surface area contributed by atoms with Crippen molar-refractivity contribution in [3.63, 3.8) is 0 Å². The van der Waals surface area contributed by atoms with E-state index < -0.39 is 0 Å². The van der Waals surface area contributed by atoms with Crippen LogP contribution >= 0.6 is 0 Å². The van der Waals surface area contributed by atoms with Crippen LogP contribution in [0.15, 0.2) is 54.9 Å². The largest absolute Gasteiger partial charge is 0.497 e. The van der Waals surface area contributed by atoms with E-state index in [0.717, 1.165) is 30.1 Å². The number of aliphatic hydroxyl groups is 1. The van der Waals surface area contributed by atoms with Gasteiger partial charge in [-0.2, -0.15) is 0 Å². The van der Waals surface area contributed by atoms with Crippen molar-refractivity contribution in [3.05, 3.63) is 66.1 Å². The minimum absolute atomic E-state index is 0.180. The minimum atomic E-state index is -0.307. The predicted molar refractivity (Wildman–Crippen MR) is 92.0 cm³/mol. The summed E-state index contributed by atoms with van der Waals surface area (Å²) in [5.41, 5.74) is 3.14. The summed E-state index contributed by atoms with van der Waals surface area (Å²) in [6.45, 7) is 1.39. The van der Waals surface area contributed by atoms with Gasteiger partial charge in [0.1, 0.15) is 11.4 Å². The molecule has 5 heteroatoms. The van der Waals surface area contributed by atoms with Crippen LogP contribution in [-0.4, -0.2) is 39.1 Å². The van der Waals surface area contributed by atoms with E-state index in [1.54, 1.807) is 7.11 Å². The Balaban J connectivity index is 1.60. The lowest BCUT2D eigenvalue weighted by Crippen LogP contribution is -2.24. The van der Waals surface area contributed by atoms with Gasteiger partial charge in [-0.25, -0.2) is 4.98 Å². The Kier molecular flexibility index (Phi) is 3.96. The van der Waals surface area contributed by atoms with Gasteiger partial charge in [0.25, 0.3) is 0 Å². The molecule has 3 heterocycles. The molecule has 1 saturated heterocycles. The van der Waals surface area contributed by atoms with Crippen molar-refractivity contribution in [2.24, 2.45) is 0 Å². The fourth-order valence-corrected chi connectivity index (χ4v) is 3.52. The highest BCUT2D eigenvalue weighted by atomic mass is 16.5. The number of likely N-dealkylation sites (tertiary alicyclic amines) is 1. The van der Waals surface area contributed by atoms with E-state index in [0.29, 0.717) is 6.54 Å². The topological polar surface area (TPSA) is 50.0 Å². The molecule has 1 fully saturated rings. The molecule has 0 spiro atoms. The second-order valence-electron chi connectivity index (χ2n) is 6.31. The number of fused-ring (bicyclic) bond motifs is 1. The number of imidazole rings is 1. The van der Waals surface area contributed by atoms with Gasteiger partial charge < -0.3 is 14.2 Å². The van der Waals surface area contributed by atoms with Crippen LogP contribution in [0.3, 0.4) is 0 Å². The van der Waals surface area contributed by atoms with E-state index in [9.17, 15) is 5.11 Å². The van der Waals surface area contributed by atoms with Gasteiger partial charge in [-0.3, -0.25) is 4.90 Å². The third kappa shape index (κ3) is 2.88. The molecule has 2 atom stereocenters. The molecule has 1 aliphatic heterocycles. The maximum atomic E-state index is 10.2. The van der Waals surface area contributed by atoms with Gasteiger partial charge in [-0.15, -0.1) is 0 Å². The zero-order valence-electron chi connectivity index (χ0n) is 13.7. The van der Waals surface area contributed by atoms with Gasteiger partial charge in [-0.05, 0) is 36.2 Å². The molecule has 5 nitrogen and oxygen atoms in total. The van der Waals surface area contributed by atoms with Gasteiger partial charge >= 0.3 is 0 Å². The van der Waals surface area contributed by atoms with Crippen molar-refractivity contribution in [1.29, 1.82) is 0 Å². The lowest BCUT2D eigenvalue weighted by Gasteiger charge is -2.23. The average Bonchev–Trinajstić information content (AvgIpc) is 3.17. The van der Waals surface area contributed by atoms with Crippen LogP contribution < -0.4 is 4.74 Å². The van der Waals surface area contributed by atoms with Crippen molar-refractivity contribution in [1.82, 2.24) is 14.3 Å². The zero-order chi connectivity index (χ0) is 16.5. The molecule has 1 aromatic carbocycles. The monoisotopic (exact) mass is 323 g/mol. The second kappa shape index (κ2) is 6.26. The third-order valence-corrected chi connectivity index (χ3v) is 4.64. The van der Waals surface area contributed by atoms with E-state index in [-0.39, 0.29) is 12.1 Å². The van der Waals surface area contributed by atoms with Crippen LogP contribution in [0.1, 0.15) is 23.7 Å². The van der Waals surface area contributed by atoms with E-state index in [1.807, 2.05) is 40.9 Å². The molecular weight excluding hydrogens is 302 g/mol. The molecule has 1 N–H and O–H groups in total. The molecule has 0 unspecified atom stereocenters. The first-order valence-electron chi connectivity index (χ1n) is 8.21. The number of methoxy groups -OCH3 is 1. The first kappa shape index (κ1) is 15.2. The first-order chi connectivity index (χ1) is 11.7. The van der Waals surface area contributed by atoms with Crippen molar-refractivity contribution in [3.8, 4) is 5.75 Å². The molecule has 124 valence electrons. The summed E-state index contributed by atoms with van der Waals surface area (Å²) >= 11 is 0. The van der Waals surface area contributed by atoms with Crippen molar-refractivity contribution >= 4 is 5.65 Å². The molecular formula is C19H21N3O2. The van der Waals surface area contributed by atoms with Crippen LogP contribution in [0.2, 0.25) is 0 Å². The number of hydrogen-bond donors (Lipinski definition) is 1. The highest BCUT2D eigenvalue weighted by Crippen LogP contribution is 2.34. The summed E-state index contributed by atoms with van der Waals surface area (Å²) in [6, 6.07) is 14.3. The molecule has 0 bridgehead atoms. The van der Waals surface area contributed by atoms with Gasteiger partial charge in [0, 0.05) is 31.5 Å². The van der Waals surface area contributed by atoms with Gasteiger partial charge in [0.15, 0.2) is 0 Å². The number of hydrogen-bond acceptors (Lipinski definition) is 4. The standard InChI is InChI=1S/C19H21N3O2/c1-24-17-6-4-5-14(9-17)18-10-16(23)13-22(18)12-15-11-21-8-3-2-7-19(21)20-15/h2-9,11,16,18,23H,10,12-13H2,1H3/t16-,18+/m0/s1. The van der Waals surface area contributed by atoms with Gasteiger partial charge in [0.2, 0.25) is 0 Å². The molecule has 0 amide bonds. The molecule has 0 radical (unpaired) electrons. The Bertz CT molecular complexity index is 812. The molecule has 0 saturated carbocycles. The fourth-order valence-electron chi connectivity index (χ4n) is 3.52. The smallest absolute Gasteiger partial charge is 0.137 e. The van der Waals surface area contributed by atoms with Crippen LogP contribution in [0.4, 0.5) is 0 Å². The summed E-state index contributed by atoms with van der Waals surface area (Å²) in [4.78, 5) is 6.97. The summed E-state index contributed by atoms with van der Waals surface area (Å²) in [5, 5.41) is 10.2. The van der Waals surface area contributed by atoms with E-state index >= 15 is 0 Å². The van der Waals surface area contributed by atoms with Crippen molar-refractivity contribution in [2.45, 2.75) is 25.1 Å². The van der Waals surface area contributed by atoms with Crippen LogP contribution in [0.5, 0.6) is 5.75 Å². The quantitative estimate of drug-likeness (QED) is 0.802. The molecule has 24 heavy (non-hydrogen) atoms. The number of pyridine rings is 1. The van der Waals surface area contributed by atoms with Crippen LogP contribution in [-0.2, 0) is 6.54 Å². The maximum absolute atomic E-state index is 10.2. The Hall–Kier alpha value is -2.37. The second-order valence-corrected chi connectivity index (χ2v) is 6.31. The first-order valence-corrected chi connectivity index (χ1v) is 8.21. The number of nitrogens with zero attached hydrogens (tertiary/aromatic N) is 3. The summed E-state index contributed by atoms with van der Waals surface area (Å²) in [6.07, 6.45) is 4.49. The number of ether oxygens (including phenoxy) is 1. The van der Waals surface area contributed by atoms with Crippen LogP contribution in [0.25, 0.3) is 5.65 Å². The zero-order valence-corrected chi connectivity index (χ0v) is 13.7. The van der Waals surface area contributed by atoms with Crippen molar-refractivity contribution < 1.29 is 9.84 Å². The number of aliphatic hydroxyl groups excluding tert-OH is 1. The number of rotatable bonds is 4. The SMILES string of the molecule is COc1cccc([C@H]2C[C@H](O)CN2Cc2cn3ccccc3n2)c1. The van der Waals surface area contributed by atoms with E-state index in [2.05, 4.69) is 28.2 Å².